The van der Waals surface area contributed by atoms with Crippen LogP contribution in [0.15, 0.2) is 36.4 Å². The fraction of sp³-hybridized carbons (Fsp3) is 0.278. The van der Waals surface area contributed by atoms with Crippen LogP contribution < -0.4 is 15.4 Å². The number of urea groups is 1. The molecule has 0 aliphatic heterocycles. The van der Waals surface area contributed by atoms with Gasteiger partial charge in [0.2, 0.25) is 0 Å². The molecule has 0 unspecified atom stereocenters. The van der Waals surface area contributed by atoms with Gasteiger partial charge >= 0.3 is 6.03 Å². The number of nitrogens with one attached hydrogen (secondary N) is 2. The van der Waals surface area contributed by atoms with Gasteiger partial charge in [0.1, 0.15) is 12.4 Å². The van der Waals surface area contributed by atoms with Gasteiger partial charge in [0.15, 0.2) is 0 Å². The summed E-state index contributed by atoms with van der Waals surface area (Å²) in [6.45, 7) is 6.75. The van der Waals surface area contributed by atoms with Crippen molar-refractivity contribution in [3.05, 3.63) is 58.1 Å². The molecule has 2 aromatic carbocycles. The first-order valence-electron chi connectivity index (χ1n) is 7.47. The lowest BCUT2D eigenvalue weighted by Crippen LogP contribution is -2.32. The fourth-order valence-electron chi connectivity index (χ4n) is 2.03. The Kier molecular flexibility index (Phi) is 5.88. The van der Waals surface area contributed by atoms with Crippen molar-refractivity contribution in [3.63, 3.8) is 0 Å². The number of amides is 2. The van der Waals surface area contributed by atoms with Gasteiger partial charge in [-0.2, -0.15) is 0 Å². The van der Waals surface area contributed by atoms with E-state index in [2.05, 4.69) is 10.6 Å². The number of carbonyl (C=O) groups is 1. The maximum Gasteiger partial charge on any atom is 0.319 e. The van der Waals surface area contributed by atoms with Crippen LogP contribution in [0.2, 0.25) is 5.02 Å². The summed E-state index contributed by atoms with van der Waals surface area (Å²) in [5, 5.41) is 6.12. The molecule has 5 heteroatoms. The maximum absolute atomic E-state index is 11.8. The number of benzene rings is 2. The number of halogens is 1. The van der Waals surface area contributed by atoms with E-state index in [4.69, 9.17) is 16.3 Å². The molecule has 4 nitrogen and oxygen atoms in total. The molecule has 2 amide bonds. The van der Waals surface area contributed by atoms with Crippen molar-refractivity contribution >= 4 is 23.3 Å². The second kappa shape index (κ2) is 7.88. The first-order valence-corrected chi connectivity index (χ1v) is 7.84. The first kappa shape index (κ1) is 17.2. The Morgan fingerprint density at radius 1 is 1.09 bits per heavy atom. The Labute approximate surface area is 141 Å². The highest BCUT2D eigenvalue weighted by molar-refractivity contribution is 6.31. The van der Waals surface area contributed by atoms with E-state index in [-0.39, 0.29) is 6.03 Å². The number of ether oxygens (including phenoxy) is 1. The molecule has 0 saturated carbocycles. The molecular formula is C18H21ClN2O2. The number of hydrogen-bond donors (Lipinski definition) is 2. The van der Waals surface area contributed by atoms with Crippen molar-refractivity contribution in [3.8, 4) is 5.75 Å². The van der Waals surface area contributed by atoms with E-state index in [9.17, 15) is 4.79 Å². The summed E-state index contributed by atoms with van der Waals surface area (Å²) in [4.78, 5) is 11.8. The maximum atomic E-state index is 11.8. The largest absolute Gasteiger partial charge is 0.491 e. The third-order valence-electron chi connectivity index (χ3n) is 3.42. The highest BCUT2D eigenvalue weighted by atomic mass is 35.5. The Morgan fingerprint density at radius 2 is 1.83 bits per heavy atom. The van der Waals surface area contributed by atoms with Crippen molar-refractivity contribution in [1.82, 2.24) is 5.32 Å². The van der Waals surface area contributed by atoms with Gasteiger partial charge in [-0.25, -0.2) is 4.79 Å². The number of carbonyl (C=O) groups excluding carboxylic acids is 1. The molecule has 0 aliphatic carbocycles. The molecule has 0 atom stereocenters. The van der Waals surface area contributed by atoms with Crippen LogP contribution in [0, 0.1) is 20.8 Å². The Bertz CT molecular complexity index is 701. The number of rotatable bonds is 5. The molecule has 122 valence electrons. The van der Waals surface area contributed by atoms with Crippen LogP contribution in [0.3, 0.4) is 0 Å². The summed E-state index contributed by atoms with van der Waals surface area (Å²) < 4.78 is 5.69. The van der Waals surface area contributed by atoms with Gasteiger partial charge in [-0.3, -0.25) is 0 Å². The average molecular weight is 333 g/mol. The zero-order valence-electron chi connectivity index (χ0n) is 13.6. The van der Waals surface area contributed by atoms with Crippen molar-refractivity contribution in [2.75, 3.05) is 18.5 Å². The van der Waals surface area contributed by atoms with E-state index < -0.39 is 0 Å². The van der Waals surface area contributed by atoms with Gasteiger partial charge in [-0.15, -0.1) is 0 Å². The fourth-order valence-corrected chi connectivity index (χ4v) is 2.21. The number of anilines is 1. The Balaban J connectivity index is 1.76. The first-order chi connectivity index (χ1) is 11.0. The van der Waals surface area contributed by atoms with Gasteiger partial charge in [0.25, 0.3) is 0 Å². The Morgan fingerprint density at radius 3 is 2.57 bits per heavy atom. The minimum atomic E-state index is -0.283. The van der Waals surface area contributed by atoms with E-state index >= 15 is 0 Å². The van der Waals surface area contributed by atoms with Crippen molar-refractivity contribution < 1.29 is 9.53 Å². The molecule has 0 saturated heterocycles. The minimum absolute atomic E-state index is 0.283. The minimum Gasteiger partial charge on any atom is -0.491 e. The van der Waals surface area contributed by atoms with Crippen LogP contribution in [-0.4, -0.2) is 19.2 Å². The summed E-state index contributed by atoms with van der Waals surface area (Å²) in [6.07, 6.45) is 0. The smallest absolute Gasteiger partial charge is 0.319 e. The number of hydrogen-bond acceptors (Lipinski definition) is 2. The molecule has 0 heterocycles. The zero-order chi connectivity index (χ0) is 16.8. The highest BCUT2D eigenvalue weighted by Crippen LogP contribution is 2.20. The predicted octanol–water partition coefficient (Wildman–Crippen LogP) is 4.47. The second-order valence-corrected chi connectivity index (χ2v) is 5.87. The molecule has 0 spiro atoms. The molecule has 23 heavy (non-hydrogen) atoms. The molecule has 0 radical (unpaired) electrons. The quantitative estimate of drug-likeness (QED) is 0.794. The monoisotopic (exact) mass is 332 g/mol. The van der Waals surface area contributed by atoms with E-state index in [0.717, 1.165) is 22.4 Å². The molecule has 0 aliphatic rings. The third-order valence-corrected chi connectivity index (χ3v) is 3.83. The van der Waals surface area contributed by atoms with Gasteiger partial charge in [-0.05, 0) is 55.7 Å². The lowest BCUT2D eigenvalue weighted by molar-refractivity contribution is 0.247. The summed E-state index contributed by atoms with van der Waals surface area (Å²) >= 11 is 6.03. The van der Waals surface area contributed by atoms with Crippen LogP contribution >= 0.6 is 11.6 Å². The van der Waals surface area contributed by atoms with Crippen molar-refractivity contribution in [2.24, 2.45) is 0 Å². The topological polar surface area (TPSA) is 50.4 Å². The standard InChI is InChI=1S/C18H21ClN2O2/c1-12-4-5-14(3)17(10-12)23-9-8-20-18(22)21-15-7-6-13(2)16(19)11-15/h4-7,10-11H,8-9H2,1-3H3,(H2,20,21,22). The molecule has 0 bridgehead atoms. The summed E-state index contributed by atoms with van der Waals surface area (Å²) in [7, 11) is 0. The van der Waals surface area contributed by atoms with Crippen molar-refractivity contribution in [1.29, 1.82) is 0 Å². The van der Waals surface area contributed by atoms with E-state index in [1.54, 1.807) is 6.07 Å². The highest BCUT2D eigenvalue weighted by Gasteiger charge is 2.04. The van der Waals surface area contributed by atoms with Gasteiger partial charge in [0.05, 0.1) is 6.54 Å². The lowest BCUT2D eigenvalue weighted by atomic mass is 10.1. The molecule has 0 fully saturated rings. The molecule has 2 aromatic rings. The summed E-state index contributed by atoms with van der Waals surface area (Å²) in [5.74, 6) is 0.845. The normalized spacial score (nSPS) is 10.3. The zero-order valence-corrected chi connectivity index (χ0v) is 14.3. The van der Waals surface area contributed by atoms with Gasteiger partial charge < -0.3 is 15.4 Å². The second-order valence-electron chi connectivity index (χ2n) is 5.46. The molecular weight excluding hydrogens is 312 g/mol. The van der Waals surface area contributed by atoms with Crippen LogP contribution in [0.1, 0.15) is 16.7 Å². The average Bonchev–Trinajstić information content (AvgIpc) is 2.51. The van der Waals surface area contributed by atoms with Crippen LogP contribution in [0.5, 0.6) is 5.75 Å². The lowest BCUT2D eigenvalue weighted by Gasteiger charge is -2.11. The summed E-state index contributed by atoms with van der Waals surface area (Å²) in [6, 6.07) is 11.2. The molecule has 2 rings (SSSR count). The number of aryl methyl sites for hydroxylation is 3. The molecule has 2 N–H and O–H groups in total. The van der Waals surface area contributed by atoms with E-state index in [1.165, 1.54) is 0 Å². The molecule has 0 aromatic heterocycles. The van der Waals surface area contributed by atoms with Gasteiger partial charge in [-0.1, -0.05) is 29.8 Å². The summed E-state index contributed by atoms with van der Waals surface area (Å²) in [5.41, 5.74) is 3.86. The van der Waals surface area contributed by atoms with Crippen LogP contribution in [0.4, 0.5) is 10.5 Å². The van der Waals surface area contributed by atoms with E-state index in [0.29, 0.717) is 23.9 Å². The van der Waals surface area contributed by atoms with Crippen LogP contribution in [0.25, 0.3) is 0 Å². The van der Waals surface area contributed by atoms with Crippen LogP contribution in [-0.2, 0) is 0 Å². The SMILES string of the molecule is Cc1ccc(C)c(OCCNC(=O)Nc2ccc(C)c(Cl)c2)c1. The van der Waals surface area contributed by atoms with Gasteiger partial charge in [0, 0.05) is 10.7 Å². The van der Waals surface area contributed by atoms with Crippen molar-refractivity contribution in [2.45, 2.75) is 20.8 Å². The predicted molar refractivity (Wildman–Crippen MR) is 94.6 cm³/mol. The Hall–Kier alpha value is -2.20. The van der Waals surface area contributed by atoms with E-state index in [1.807, 2.05) is 51.1 Å². The third kappa shape index (κ3) is 5.18.